The van der Waals surface area contributed by atoms with E-state index < -0.39 is 27.8 Å². The highest BCUT2D eigenvalue weighted by molar-refractivity contribution is 7.92. The van der Waals surface area contributed by atoms with E-state index in [4.69, 9.17) is 16.3 Å². The number of ether oxygens (including phenoxy) is 1. The van der Waals surface area contributed by atoms with Crippen LogP contribution >= 0.6 is 11.6 Å². The molecule has 0 aliphatic carbocycles. The molecule has 4 aromatic rings. The Labute approximate surface area is 225 Å². The summed E-state index contributed by atoms with van der Waals surface area (Å²) in [4.78, 5) is 17.9. The number of urea groups is 1. The van der Waals surface area contributed by atoms with Crippen LogP contribution in [0.4, 0.5) is 35.3 Å². The number of rotatable bonds is 7. The number of anilines is 3. The van der Waals surface area contributed by atoms with Crippen molar-refractivity contribution in [2.24, 2.45) is 0 Å². The molecule has 0 saturated carbocycles. The first-order valence-electron chi connectivity index (χ1n) is 10.9. The largest absolute Gasteiger partial charge is 0.495 e. The molecule has 0 fully saturated rings. The summed E-state index contributed by atoms with van der Waals surface area (Å²) < 4.78 is 76.4. The van der Waals surface area contributed by atoms with Crippen molar-refractivity contribution in [1.82, 2.24) is 15.5 Å². The highest BCUT2D eigenvalue weighted by Gasteiger charge is 2.30. The van der Waals surface area contributed by atoms with Gasteiger partial charge in [-0.2, -0.15) is 13.2 Å². The number of aromatic nitrogens is 2. The molecule has 4 rings (SSSR count). The lowest BCUT2D eigenvalue weighted by molar-refractivity contribution is -0.137. The molecule has 2 amide bonds. The molecule has 2 heterocycles. The molecule has 0 atom stereocenters. The molecule has 0 bridgehead atoms. The third-order valence-electron chi connectivity index (χ3n) is 5.39. The molecular formula is C24H19ClF3N5O5S. The predicted octanol–water partition coefficient (Wildman–Crippen LogP) is 5.70. The number of halogens is 4. The smallest absolute Gasteiger partial charge is 0.416 e. The second-order valence-corrected chi connectivity index (χ2v) is 9.90. The predicted molar refractivity (Wildman–Crippen MR) is 137 cm³/mol. The number of hydrogen-bond acceptors (Lipinski definition) is 7. The number of hydrogen-bond donors (Lipinski definition) is 2. The van der Waals surface area contributed by atoms with Gasteiger partial charge in [-0.3, -0.25) is 4.72 Å². The molecule has 2 N–H and O–H groups in total. The van der Waals surface area contributed by atoms with Gasteiger partial charge in [-0.25, -0.2) is 23.1 Å². The molecule has 0 aliphatic heterocycles. The van der Waals surface area contributed by atoms with E-state index in [-0.39, 0.29) is 33.0 Å². The summed E-state index contributed by atoms with van der Waals surface area (Å²) in [7, 11) is -1.34. The lowest BCUT2D eigenvalue weighted by atomic mass is 10.0. The van der Waals surface area contributed by atoms with Gasteiger partial charge >= 0.3 is 12.2 Å². The Bertz CT molecular complexity index is 1580. The third-order valence-corrected chi connectivity index (χ3v) is 7.04. The summed E-state index contributed by atoms with van der Waals surface area (Å²) in [5.74, 6) is 0.133. The van der Waals surface area contributed by atoms with E-state index in [2.05, 4.69) is 24.7 Å². The average molecular weight is 582 g/mol. The second kappa shape index (κ2) is 10.8. The SMILES string of the molecule is CNC(=O)N(c1ccc(S(=O)(=O)Nc2ccon2)cn1)c1cc(Cl)c(-c2ccc(C(F)(F)F)cc2)cc1OC. The molecule has 0 aliphatic rings. The van der Waals surface area contributed by atoms with Crippen LogP contribution in [0.15, 0.2) is 76.5 Å². The first-order valence-corrected chi connectivity index (χ1v) is 12.8. The summed E-state index contributed by atoms with van der Waals surface area (Å²) in [5, 5.41) is 6.07. The lowest BCUT2D eigenvalue weighted by Gasteiger charge is -2.24. The van der Waals surface area contributed by atoms with Crippen LogP contribution in [-0.2, 0) is 16.2 Å². The van der Waals surface area contributed by atoms with Crippen LogP contribution < -0.4 is 19.7 Å². The molecule has 0 unspecified atom stereocenters. The molecule has 0 spiro atoms. The summed E-state index contributed by atoms with van der Waals surface area (Å²) in [6.07, 6.45) is -2.26. The van der Waals surface area contributed by atoms with Gasteiger partial charge in [-0.1, -0.05) is 28.9 Å². The van der Waals surface area contributed by atoms with E-state index in [1.165, 1.54) is 62.9 Å². The maximum absolute atomic E-state index is 13.0. The van der Waals surface area contributed by atoms with Gasteiger partial charge in [-0.15, -0.1) is 0 Å². The van der Waals surface area contributed by atoms with E-state index in [9.17, 15) is 26.4 Å². The molecule has 0 saturated heterocycles. The maximum atomic E-state index is 13.0. The zero-order valence-electron chi connectivity index (χ0n) is 20.2. The molecule has 2 aromatic heterocycles. The topological polar surface area (TPSA) is 127 Å². The molecule has 10 nitrogen and oxygen atoms in total. The molecule has 2 aromatic carbocycles. The summed E-state index contributed by atoms with van der Waals surface area (Å²) in [6.45, 7) is 0. The van der Waals surface area contributed by atoms with Gasteiger partial charge in [0, 0.05) is 24.9 Å². The summed E-state index contributed by atoms with van der Waals surface area (Å²) in [5.41, 5.74) is 0.0682. The zero-order valence-corrected chi connectivity index (χ0v) is 21.7. The van der Waals surface area contributed by atoms with Gasteiger partial charge in [0.25, 0.3) is 10.0 Å². The Morgan fingerprint density at radius 1 is 1.10 bits per heavy atom. The number of sulfonamides is 1. The van der Waals surface area contributed by atoms with Crippen LogP contribution in [0.3, 0.4) is 0 Å². The van der Waals surface area contributed by atoms with E-state index in [1.54, 1.807) is 0 Å². The van der Waals surface area contributed by atoms with E-state index in [0.29, 0.717) is 11.1 Å². The highest BCUT2D eigenvalue weighted by Crippen LogP contribution is 2.42. The summed E-state index contributed by atoms with van der Waals surface area (Å²) >= 11 is 6.50. The average Bonchev–Trinajstić information content (AvgIpc) is 3.41. The summed E-state index contributed by atoms with van der Waals surface area (Å²) in [6, 6.07) is 10.4. The van der Waals surface area contributed by atoms with E-state index in [0.717, 1.165) is 23.2 Å². The quantitative estimate of drug-likeness (QED) is 0.287. The van der Waals surface area contributed by atoms with Crippen LogP contribution in [0.1, 0.15) is 5.56 Å². The minimum atomic E-state index is -4.49. The molecule has 39 heavy (non-hydrogen) atoms. The van der Waals surface area contributed by atoms with E-state index in [1.807, 2.05) is 0 Å². The molecule has 0 radical (unpaired) electrons. The normalized spacial score (nSPS) is 11.6. The van der Waals surface area contributed by atoms with Crippen LogP contribution in [0.25, 0.3) is 11.1 Å². The Hall–Kier alpha value is -4.30. The fraction of sp³-hybridized carbons (Fsp3) is 0.125. The van der Waals surface area contributed by atoms with Crippen molar-refractivity contribution in [3.05, 3.63) is 77.6 Å². The first kappa shape index (κ1) is 27.7. The third kappa shape index (κ3) is 5.91. The van der Waals surface area contributed by atoms with Gasteiger partial charge in [-0.05, 0) is 42.0 Å². The zero-order chi connectivity index (χ0) is 28.4. The highest BCUT2D eigenvalue weighted by atomic mass is 35.5. The first-order chi connectivity index (χ1) is 18.4. The second-order valence-electron chi connectivity index (χ2n) is 7.81. The Morgan fingerprint density at radius 2 is 1.82 bits per heavy atom. The Balaban J connectivity index is 1.72. The number of carbonyl (C=O) groups excluding carboxylic acids is 1. The number of pyridine rings is 1. The van der Waals surface area contributed by atoms with E-state index >= 15 is 0 Å². The number of nitrogens with one attached hydrogen (secondary N) is 2. The van der Waals surface area contributed by atoms with Gasteiger partial charge in [0.1, 0.15) is 22.7 Å². The Kier molecular flexibility index (Phi) is 7.70. The standard InChI is InChI=1S/C24H19ClF3N5O5S/c1-29-23(34)33(22-8-7-16(13-30-22)39(35,36)32-21-9-10-38-31-21)19-12-18(25)17(11-20(19)37-2)14-3-5-15(6-4-14)24(26,27)28/h3-13H,1-2H3,(H,29,34)(H,31,32). The molecule has 15 heteroatoms. The van der Waals surface area contributed by atoms with Crippen molar-refractivity contribution < 1.29 is 35.6 Å². The fourth-order valence-electron chi connectivity index (χ4n) is 3.52. The van der Waals surface area contributed by atoms with Gasteiger partial charge in [0.05, 0.1) is 23.4 Å². The minimum absolute atomic E-state index is 0.0198. The molecule has 204 valence electrons. The minimum Gasteiger partial charge on any atom is -0.495 e. The van der Waals surface area contributed by atoms with Crippen molar-refractivity contribution >= 4 is 45.0 Å². The van der Waals surface area contributed by atoms with Crippen molar-refractivity contribution in [1.29, 1.82) is 0 Å². The monoisotopic (exact) mass is 581 g/mol. The lowest BCUT2D eigenvalue weighted by Crippen LogP contribution is -2.35. The van der Waals surface area contributed by atoms with Crippen LogP contribution in [0.5, 0.6) is 5.75 Å². The van der Waals surface area contributed by atoms with Crippen molar-refractivity contribution in [2.45, 2.75) is 11.1 Å². The van der Waals surface area contributed by atoms with Gasteiger partial charge < -0.3 is 14.6 Å². The maximum Gasteiger partial charge on any atom is 0.416 e. The Morgan fingerprint density at radius 3 is 2.36 bits per heavy atom. The van der Waals surface area contributed by atoms with Crippen molar-refractivity contribution in [3.8, 4) is 16.9 Å². The van der Waals surface area contributed by atoms with Crippen LogP contribution in [0, 0.1) is 0 Å². The number of benzene rings is 2. The number of alkyl halides is 3. The van der Waals surface area contributed by atoms with Crippen LogP contribution in [0.2, 0.25) is 5.02 Å². The van der Waals surface area contributed by atoms with Gasteiger partial charge in [0.15, 0.2) is 5.82 Å². The van der Waals surface area contributed by atoms with Crippen molar-refractivity contribution in [3.63, 3.8) is 0 Å². The number of methoxy groups -OCH3 is 1. The van der Waals surface area contributed by atoms with Gasteiger partial charge in [0.2, 0.25) is 0 Å². The molecular weight excluding hydrogens is 563 g/mol. The number of carbonyl (C=O) groups is 1. The van der Waals surface area contributed by atoms with Crippen molar-refractivity contribution in [2.75, 3.05) is 23.8 Å². The fourth-order valence-corrected chi connectivity index (χ4v) is 4.72. The van der Waals surface area contributed by atoms with Crippen LogP contribution in [-0.4, -0.2) is 38.7 Å². The number of nitrogens with zero attached hydrogens (tertiary/aromatic N) is 3. The number of amides is 2.